The summed E-state index contributed by atoms with van der Waals surface area (Å²) in [5.41, 5.74) is 2.23. The Morgan fingerprint density at radius 1 is 1.07 bits per heavy atom. The highest BCUT2D eigenvalue weighted by atomic mass is 16.5. The van der Waals surface area contributed by atoms with Crippen LogP contribution in [0.4, 0.5) is 0 Å². The third-order valence-corrected chi connectivity index (χ3v) is 4.15. The summed E-state index contributed by atoms with van der Waals surface area (Å²) in [6.45, 7) is 4.43. The molecule has 0 amide bonds. The lowest BCUT2D eigenvalue weighted by Crippen LogP contribution is -2.39. The van der Waals surface area contributed by atoms with Gasteiger partial charge in [-0.05, 0) is 18.6 Å². The fraction of sp³-hybridized carbons (Fsp3) is 0.286. The molecule has 1 aromatic heterocycles. The number of guanidine groups is 1. The Morgan fingerprint density at radius 2 is 1.86 bits per heavy atom. The van der Waals surface area contributed by atoms with Crippen molar-refractivity contribution in [3.63, 3.8) is 0 Å². The second kappa shape index (κ2) is 10.1. The van der Waals surface area contributed by atoms with E-state index < -0.39 is 0 Å². The molecule has 7 nitrogen and oxygen atoms in total. The number of nitrogens with one attached hydrogen (secondary N) is 2. The Balaban J connectivity index is 1.55. The van der Waals surface area contributed by atoms with Gasteiger partial charge in [0.25, 0.3) is 0 Å². The maximum absolute atomic E-state index is 6.02. The van der Waals surface area contributed by atoms with Gasteiger partial charge in [-0.1, -0.05) is 48.5 Å². The van der Waals surface area contributed by atoms with E-state index >= 15 is 0 Å². The maximum Gasteiger partial charge on any atom is 0.191 e. The zero-order valence-electron chi connectivity index (χ0n) is 16.3. The second-order valence-electron chi connectivity index (χ2n) is 6.13. The fourth-order valence-electron chi connectivity index (χ4n) is 2.73. The Hall–Kier alpha value is -3.35. The number of nitrogens with zero attached hydrogens (tertiary/aromatic N) is 4. The lowest BCUT2D eigenvalue weighted by molar-refractivity contribution is 0.323. The quantitative estimate of drug-likeness (QED) is 0.358. The van der Waals surface area contributed by atoms with Gasteiger partial charge in [-0.15, -0.1) is 0 Å². The normalized spacial score (nSPS) is 11.3. The summed E-state index contributed by atoms with van der Waals surface area (Å²) >= 11 is 0. The van der Waals surface area contributed by atoms with E-state index in [-0.39, 0.29) is 0 Å². The van der Waals surface area contributed by atoms with Crippen LogP contribution in [0, 0.1) is 0 Å². The predicted octanol–water partition coefficient (Wildman–Crippen LogP) is 2.62. The monoisotopic (exact) mass is 378 g/mol. The Kier molecular flexibility index (Phi) is 7.01. The highest BCUT2D eigenvalue weighted by Gasteiger charge is 2.06. The van der Waals surface area contributed by atoms with Gasteiger partial charge in [0.15, 0.2) is 5.96 Å². The third kappa shape index (κ3) is 5.33. The number of hydrogen-bond acceptors (Lipinski definition) is 4. The summed E-state index contributed by atoms with van der Waals surface area (Å²) in [7, 11) is 1.86. The van der Waals surface area contributed by atoms with Crippen molar-refractivity contribution in [3.05, 3.63) is 66.7 Å². The van der Waals surface area contributed by atoms with Crippen LogP contribution >= 0.6 is 0 Å². The summed E-state index contributed by atoms with van der Waals surface area (Å²) in [6, 6.07) is 18.3. The molecular formula is C21H26N6O. The summed E-state index contributed by atoms with van der Waals surface area (Å²) in [5, 5.41) is 10.6. The van der Waals surface area contributed by atoms with Gasteiger partial charge in [-0.2, -0.15) is 5.10 Å². The van der Waals surface area contributed by atoms with Crippen molar-refractivity contribution in [1.29, 1.82) is 0 Å². The molecule has 0 saturated carbocycles. The smallest absolute Gasteiger partial charge is 0.191 e. The highest BCUT2D eigenvalue weighted by molar-refractivity contribution is 5.79. The first-order chi connectivity index (χ1) is 13.8. The topological polar surface area (TPSA) is 76.4 Å². The number of aryl methyl sites for hydroxylation is 1. The molecule has 0 unspecified atom stereocenters. The van der Waals surface area contributed by atoms with Crippen molar-refractivity contribution in [3.8, 4) is 16.9 Å². The van der Waals surface area contributed by atoms with Gasteiger partial charge in [-0.25, -0.2) is 9.98 Å². The van der Waals surface area contributed by atoms with Crippen LogP contribution in [0.1, 0.15) is 12.7 Å². The largest absolute Gasteiger partial charge is 0.491 e. The van der Waals surface area contributed by atoms with Crippen LogP contribution in [0.25, 0.3) is 11.1 Å². The van der Waals surface area contributed by atoms with Crippen molar-refractivity contribution in [1.82, 2.24) is 25.4 Å². The van der Waals surface area contributed by atoms with Crippen LogP contribution in [-0.4, -0.2) is 40.4 Å². The average Bonchev–Trinajstić information content (AvgIpc) is 3.15. The van der Waals surface area contributed by atoms with Crippen LogP contribution < -0.4 is 15.4 Å². The van der Waals surface area contributed by atoms with Crippen LogP contribution in [-0.2, 0) is 13.6 Å². The number of para-hydroxylation sites is 1. The Morgan fingerprint density at radius 3 is 2.61 bits per heavy atom. The first-order valence-electron chi connectivity index (χ1n) is 9.40. The summed E-state index contributed by atoms with van der Waals surface area (Å²) in [5.74, 6) is 2.41. The van der Waals surface area contributed by atoms with E-state index in [9.17, 15) is 0 Å². The average molecular weight is 378 g/mol. The molecule has 0 aliphatic rings. The number of aromatic nitrogens is 3. The molecule has 3 rings (SSSR count). The van der Waals surface area contributed by atoms with Crippen LogP contribution in [0.15, 0.2) is 65.9 Å². The SMILES string of the molecule is CCNC(=NCc1ncnn1C)NCCOc1ccccc1-c1ccccc1. The minimum Gasteiger partial charge on any atom is -0.491 e. The molecule has 146 valence electrons. The van der Waals surface area contributed by atoms with E-state index in [0.29, 0.717) is 19.7 Å². The zero-order valence-corrected chi connectivity index (χ0v) is 16.3. The van der Waals surface area contributed by atoms with Gasteiger partial charge in [0.1, 0.15) is 31.1 Å². The zero-order chi connectivity index (χ0) is 19.6. The third-order valence-electron chi connectivity index (χ3n) is 4.15. The van der Waals surface area contributed by atoms with Crippen LogP contribution in [0.3, 0.4) is 0 Å². The second-order valence-corrected chi connectivity index (χ2v) is 6.13. The van der Waals surface area contributed by atoms with E-state index in [0.717, 1.165) is 35.2 Å². The molecule has 3 aromatic rings. The molecule has 0 fully saturated rings. The number of ether oxygens (including phenoxy) is 1. The molecule has 7 heteroatoms. The van der Waals surface area contributed by atoms with E-state index in [1.807, 2.05) is 50.4 Å². The number of rotatable bonds is 8. The van der Waals surface area contributed by atoms with Gasteiger partial charge >= 0.3 is 0 Å². The lowest BCUT2D eigenvalue weighted by atomic mass is 10.1. The maximum atomic E-state index is 6.02. The minimum atomic E-state index is 0.462. The number of aliphatic imine (C=N–C) groups is 1. The summed E-state index contributed by atoms with van der Waals surface area (Å²) < 4.78 is 7.74. The molecular weight excluding hydrogens is 352 g/mol. The number of benzene rings is 2. The van der Waals surface area contributed by atoms with Gasteiger partial charge in [0.05, 0.1) is 6.54 Å². The van der Waals surface area contributed by atoms with Gasteiger partial charge in [0.2, 0.25) is 0 Å². The molecule has 28 heavy (non-hydrogen) atoms. The van der Waals surface area contributed by atoms with E-state index in [1.54, 1.807) is 4.68 Å². The molecule has 0 saturated heterocycles. The first kappa shape index (κ1) is 19.4. The fourth-order valence-corrected chi connectivity index (χ4v) is 2.73. The summed E-state index contributed by atoms with van der Waals surface area (Å²) in [4.78, 5) is 8.73. The summed E-state index contributed by atoms with van der Waals surface area (Å²) in [6.07, 6.45) is 1.53. The molecule has 0 bridgehead atoms. The Labute approximate surface area is 165 Å². The minimum absolute atomic E-state index is 0.462. The molecule has 0 aliphatic heterocycles. The highest BCUT2D eigenvalue weighted by Crippen LogP contribution is 2.29. The van der Waals surface area contributed by atoms with Gasteiger partial charge in [0, 0.05) is 19.2 Å². The molecule has 0 aliphatic carbocycles. The van der Waals surface area contributed by atoms with Crippen molar-refractivity contribution in [2.75, 3.05) is 19.7 Å². The molecule has 2 aromatic carbocycles. The Bertz CT molecular complexity index is 891. The molecule has 0 spiro atoms. The standard InChI is InChI=1S/C21H26N6O/c1-3-22-21(24-15-20-25-16-26-27(20)2)23-13-14-28-19-12-8-7-11-18(19)17-9-5-4-6-10-17/h4-12,16H,3,13-15H2,1-2H3,(H2,22,23,24). The lowest BCUT2D eigenvalue weighted by Gasteiger charge is -2.14. The predicted molar refractivity (Wildman–Crippen MR) is 111 cm³/mol. The molecule has 0 atom stereocenters. The van der Waals surface area contributed by atoms with Crippen molar-refractivity contribution >= 4 is 5.96 Å². The molecule has 1 heterocycles. The first-order valence-corrected chi connectivity index (χ1v) is 9.40. The van der Waals surface area contributed by atoms with Crippen molar-refractivity contribution in [2.24, 2.45) is 12.0 Å². The molecule has 0 radical (unpaired) electrons. The van der Waals surface area contributed by atoms with E-state index in [1.165, 1.54) is 6.33 Å². The van der Waals surface area contributed by atoms with Gasteiger partial charge in [-0.3, -0.25) is 4.68 Å². The van der Waals surface area contributed by atoms with Crippen LogP contribution in [0.2, 0.25) is 0 Å². The van der Waals surface area contributed by atoms with Crippen molar-refractivity contribution < 1.29 is 4.74 Å². The van der Waals surface area contributed by atoms with Crippen molar-refractivity contribution in [2.45, 2.75) is 13.5 Å². The number of hydrogen-bond donors (Lipinski definition) is 2. The van der Waals surface area contributed by atoms with Crippen LogP contribution in [0.5, 0.6) is 5.75 Å². The van der Waals surface area contributed by atoms with E-state index in [4.69, 9.17) is 4.74 Å². The van der Waals surface area contributed by atoms with E-state index in [2.05, 4.69) is 43.9 Å². The van der Waals surface area contributed by atoms with Gasteiger partial charge < -0.3 is 15.4 Å². The molecule has 2 N–H and O–H groups in total.